The molecule has 6 heteroatoms. The smallest absolute Gasteiger partial charge is 0.250 e. The lowest BCUT2D eigenvalue weighted by Gasteiger charge is -2.33. The van der Waals surface area contributed by atoms with Crippen molar-refractivity contribution < 1.29 is 14.3 Å². The second kappa shape index (κ2) is 6.15. The number of likely N-dealkylation sites (tertiary alicyclic amines) is 1. The molecule has 1 N–H and O–H groups in total. The number of nitrogens with zero attached hydrogens (tertiary/aromatic N) is 2. The Morgan fingerprint density at radius 2 is 1.90 bits per heavy atom. The maximum absolute atomic E-state index is 12.6. The second-order valence-electron chi connectivity index (χ2n) is 5.93. The third kappa shape index (κ3) is 2.82. The molecule has 0 aromatic carbocycles. The van der Waals surface area contributed by atoms with Crippen LogP contribution in [0.25, 0.3) is 0 Å². The molecule has 0 radical (unpaired) electrons. The maximum Gasteiger partial charge on any atom is 0.250 e. The number of morpholine rings is 1. The van der Waals surface area contributed by atoms with E-state index in [9.17, 15) is 9.59 Å². The normalized spacial score (nSPS) is 25.8. The molecule has 3 saturated heterocycles. The van der Waals surface area contributed by atoms with Crippen LogP contribution in [0.2, 0.25) is 0 Å². The number of amides is 2. The Morgan fingerprint density at radius 1 is 1.19 bits per heavy atom. The third-order valence-corrected chi connectivity index (χ3v) is 4.65. The van der Waals surface area contributed by atoms with E-state index in [1.807, 2.05) is 11.8 Å². The Hall–Kier alpha value is -1.40. The lowest BCUT2D eigenvalue weighted by molar-refractivity contribution is -0.145. The van der Waals surface area contributed by atoms with Gasteiger partial charge in [-0.15, -0.1) is 0 Å². The number of hydrogen-bond donors (Lipinski definition) is 1. The molecule has 0 saturated carbocycles. The minimum atomic E-state index is -0.279. The highest BCUT2D eigenvalue weighted by molar-refractivity contribution is 5.97. The summed E-state index contributed by atoms with van der Waals surface area (Å²) < 4.78 is 5.29. The first kappa shape index (κ1) is 14.5. The van der Waals surface area contributed by atoms with Crippen LogP contribution in [0.4, 0.5) is 0 Å². The minimum Gasteiger partial charge on any atom is -0.378 e. The zero-order valence-corrected chi connectivity index (χ0v) is 12.6. The van der Waals surface area contributed by atoms with Crippen molar-refractivity contribution in [2.45, 2.75) is 25.8 Å². The Bertz CT molecular complexity index is 463. The summed E-state index contributed by atoms with van der Waals surface area (Å²) in [5.41, 5.74) is 1.99. The molecule has 2 amide bonds. The molecule has 3 aliphatic heterocycles. The molecule has 6 nitrogen and oxygen atoms in total. The predicted octanol–water partition coefficient (Wildman–Crippen LogP) is -0.244. The maximum atomic E-state index is 12.6. The Balaban J connectivity index is 1.69. The van der Waals surface area contributed by atoms with Crippen molar-refractivity contribution in [2.24, 2.45) is 0 Å². The zero-order valence-electron chi connectivity index (χ0n) is 12.6. The molecular formula is C15H23N3O3. The quantitative estimate of drug-likeness (QED) is 0.714. The molecule has 3 fully saturated rings. The average molecular weight is 293 g/mol. The van der Waals surface area contributed by atoms with E-state index in [0.717, 1.165) is 31.5 Å². The van der Waals surface area contributed by atoms with E-state index >= 15 is 0 Å². The highest BCUT2D eigenvalue weighted by Crippen LogP contribution is 2.23. The number of nitrogens with one attached hydrogen (secondary N) is 1. The highest BCUT2D eigenvalue weighted by atomic mass is 16.5. The lowest BCUT2D eigenvalue weighted by Crippen LogP contribution is -2.51. The van der Waals surface area contributed by atoms with Gasteiger partial charge in [0.05, 0.1) is 13.2 Å². The highest BCUT2D eigenvalue weighted by Gasteiger charge is 2.37. The van der Waals surface area contributed by atoms with E-state index in [1.54, 1.807) is 4.90 Å². The summed E-state index contributed by atoms with van der Waals surface area (Å²) in [6, 6.07) is -0.279. The van der Waals surface area contributed by atoms with E-state index in [1.165, 1.54) is 5.57 Å². The van der Waals surface area contributed by atoms with Gasteiger partial charge in [-0.05, 0) is 25.3 Å². The molecule has 21 heavy (non-hydrogen) atoms. The number of ether oxygens (including phenoxy) is 1. The van der Waals surface area contributed by atoms with Gasteiger partial charge < -0.3 is 19.9 Å². The summed E-state index contributed by atoms with van der Waals surface area (Å²) in [5, 5.41) is 3.16. The first-order chi connectivity index (χ1) is 10.2. The molecule has 0 aliphatic carbocycles. The number of carbonyl (C=O) groups excluding carboxylic acids is 2. The van der Waals surface area contributed by atoms with Crippen molar-refractivity contribution in [2.75, 3.05) is 45.9 Å². The second-order valence-corrected chi connectivity index (χ2v) is 5.93. The van der Waals surface area contributed by atoms with Crippen LogP contribution in [0.15, 0.2) is 11.1 Å². The Morgan fingerprint density at radius 3 is 2.52 bits per heavy atom. The standard InChI is InChI=1S/C15H23N3O3/c1-11(12-9-16-10-12)14(19)18-4-2-3-13(18)15(20)17-5-7-21-8-6-17/h13,16H,2-10H2,1H3. The van der Waals surface area contributed by atoms with Gasteiger partial charge in [0.15, 0.2) is 0 Å². The fraction of sp³-hybridized carbons (Fsp3) is 0.733. The molecule has 3 aliphatic rings. The van der Waals surface area contributed by atoms with Crippen molar-refractivity contribution in [3.8, 4) is 0 Å². The van der Waals surface area contributed by atoms with Crippen molar-refractivity contribution in [1.82, 2.24) is 15.1 Å². The predicted molar refractivity (Wildman–Crippen MR) is 77.7 cm³/mol. The van der Waals surface area contributed by atoms with Crippen LogP contribution in [0.3, 0.4) is 0 Å². The van der Waals surface area contributed by atoms with E-state index in [2.05, 4.69) is 5.32 Å². The fourth-order valence-corrected chi connectivity index (χ4v) is 3.14. The van der Waals surface area contributed by atoms with Gasteiger partial charge in [0, 0.05) is 38.3 Å². The summed E-state index contributed by atoms with van der Waals surface area (Å²) in [7, 11) is 0. The molecule has 0 bridgehead atoms. The van der Waals surface area contributed by atoms with Gasteiger partial charge in [0.2, 0.25) is 11.8 Å². The van der Waals surface area contributed by atoms with Crippen molar-refractivity contribution in [1.29, 1.82) is 0 Å². The molecular weight excluding hydrogens is 270 g/mol. The van der Waals surface area contributed by atoms with Gasteiger partial charge in [-0.25, -0.2) is 0 Å². The first-order valence-corrected chi connectivity index (χ1v) is 7.75. The summed E-state index contributed by atoms with van der Waals surface area (Å²) in [4.78, 5) is 28.9. The summed E-state index contributed by atoms with van der Waals surface area (Å²) in [5.74, 6) is 0.129. The molecule has 116 valence electrons. The third-order valence-electron chi connectivity index (χ3n) is 4.65. The van der Waals surface area contributed by atoms with Crippen LogP contribution in [0, 0.1) is 0 Å². The van der Waals surface area contributed by atoms with E-state index in [0.29, 0.717) is 32.8 Å². The molecule has 3 heterocycles. The van der Waals surface area contributed by atoms with Crippen molar-refractivity contribution >= 4 is 11.8 Å². The van der Waals surface area contributed by atoms with Crippen LogP contribution in [-0.2, 0) is 14.3 Å². The topological polar surface area (TPSA) is 61.9 Å². The van der Waals surface area contributed by atoms with Gasteiger partial charge in [-0.3, -0.25) is 9.59 Å². The monoisotopic (exact) mass is 293 g/mol. The summed E-state index contributed by atoms with van der Waals surface area (Å²) in [6.45, 7) is 6.65. The van der Waals surface area contributed by atoms with Gasteiger partial charge in [-0.1, -0.05) is 0 Å². The van der Waals surface area contributed by atoms with Crippen LogP contribution < -0.4 is 5.32 Å². The molecule has 3 rings (SSSR count). The number of hydrogen-bond acceptors (Lipinski definition) is 4. The molecule has 0 aromatic heterocycles. The van der Waals surface area contributed by atoms with E-state index < -0.39 is 0 Å². The van der Waals surface area contributed by atoms with Gasteiger partial charge in [0.1, 0.15) is 6.04 Å². The molecule has 1 atom stereocenters. The molecule has 0 spiro atoms. The molecule has 1 unspecified atom stereocenters. The van der Waals surface area contributed by atoms with Gasteiger partial charge in [-0.2, -0.15) is 0 Å². The van der Waals surface area contributed by atoms with Crippen LogP contribution in [-0.4, -0.2) is 73.6 Å². The van der Waals surface area contributed by atoms with Crippen molar-refractivity contribution in [3.63, 3.8) is 0 Å². The minimum absolute atomic E-state index is 0.0376. The van der Waals surface area contributed by atoms with E-state index in [-0.39, 0.29) is 17.9 Å². The summed E-state index contributed by atoms with van der Waals surface area (Å²) in [6.07, 6.45) is 1.69. The summed E-state index contributed by atoms with van der Waals surface area (Å²) >= 11 is 0. The SMILES string of the molecule is CC(C(=O)N1CCCC1C(=O)N1CCOCC1)=C1CNC1. The van der Waals surface area contributed by atoms with E-state index in [4.69, 9.17) is 4.74 Å². The largest absolute Gasteiger partial charge is 0.378 e. The first-order valence-electron chi connectivity index (χ1n) is 7.75. The van der Waals surface area contributed by atoms with Crippen LogP contribution in [0.1, 0.15) is 19.8 Å². The Kier molecular flexibility index (Phi) is 4.26. The average Bonchev–Trinajstić information content (AvgIpc) is 2.94. The van der Waals surface area contributed by atoms with Crippen LogP contribution in [0.5, 0.6) is 0 Å². The van der Waals surface area contributed by atoms with Gasteiger partial charge in [0.25, 0.3) is 0 Å². The van der Waals surface area contributed by atoms with Gasteiger partial charge >= 0.3 is 0 Å². The number of rotatable bonds is 2. The zero-order chi connectivity index (χ0) is 14.8. The molecule has 0 aromatic rings. The van der Waals surface area contributed by atoms with Crippen LogP contribution >= 0.6 is 0 Å². The lowest BCUT2D eigenvalue weighted by atomic mass is 10.0. The Labute approximate surface area is 125 Å². The number of carbonyl (C=O) groups is 2. The fourth-order valence-electron chi connectivity index (χ4n) is 3.14. The van der Waals surface area contributed by atoms with Crippen molar-refractivity contribution in [3.05, 3.63) is 11.1 Å².